The first-order valence-electron chi connectivity index (χ1n) is 9.53. The average molecular weight is 407 g/mol. The highest BCUT2D eigenvalue weighted by molar-refractivity contribution is 6.30. The van der Waals surface area contributed by atoms with Crippen LogP contribution in [0.15, 0.2) is 65.6 Å². The Bertz CT molecular complexity index is 1270. The third-order valence-corrected chi connectivity index (χ3v) is 5.73. The van der Waals surface area contributed by atoms with Gasteiger partial charge in [-0.15, -0.1) is 0 Å². The Hall–Kier alpha value is -3.25. The lowest BCUT2D eigenvalue weighted by molar-refractivity contribution is 0.0747. The van der Waals surface area contributed by atoms with E-state index in [0.717, 1.165) is 24.3 Å². The highest BCUT2D eigenvalue weighted by atomic mass is 35.5. The lowest BCUT2D eigenvalue weighted by Crippen LogP contribution is -2.48. The number of hydrogen-bond acceptors (Lipinski definition) is 3. The minimum Gasteiger partial charge on any atom is -0.368 e. The molecule has 2 aromatic heterocycles. The van der Waals surface area contributed by atoms with Gasteiger partial charge in [-0.25, -0.2) is 0 Å². The molecule has 2 aromatic carbocycles. The second kappa shape index (κ2) is 6.97. The number of aromatic nitrogens is 2. The minimum absolute atomic E-state index is 0.0191. The number of piperazine rings is 1. The van der Waals surface area contributed by atoms with E-state index in [1.165, 1.54) is 0 Å². The van der Waals surface area contributed by atoms with Crippen molar-refractivity contribution >= 4 is 39.7 Å². The minimum atomic E-state index is -0.151. The number of carbonyl (C=O) groups excluding carboxylic acids is 1. The van der Waals surface area contributed by atoms with E-state index >= 15 is 0 Å². The van der Waals surface area contributed by atoms with Gasteiger partial charge < -0.3 is 19.2 Å². The molecule has 0 radical (unpaired) electrons. The number of hydrogen-bond donors (Lipinski definition) is 1. The molecular formula is C22H19ClN4O2. The SMILES string of the molecule is O=C(c1cc2[nH]c(=O)c3ccccc3n2c1)N1CCN(c2ccc(Cl)cc2)CC1. The van der Waals surface area contributed by atoms with Gasteiger partial charge in [0.2, 0.25) is 0 Å². The molecule has 0 unspecified atom stereocenters. The highest BCUT2D eigenvalue weighted by Gasteiger charge is 2.23. The number of benzene rings is 2. The number of amides is 1. The van der Waals surface area contributed by atoms with E-state index in [1.807, 2.05) is 58.0 Å². The van der Waals surface area contributed by atoms with Crippen molar-refractivity contribution in [3.05, 3.63) is 81.7 Å². The van der Waals surface area contributed by atoms with E-state index in [4.69, 9.17) is 11.6 Å². The topological polar surface area (TPSA) is 60.8 Å². The number of H-pyrrole nitrogens is 1. The van der Waals surface area contributed by atoms with Crippen LogP contribution in [0, 0.1) is 0 Å². The van der Waals surface area contributed by atoms with Crippen LogP contribution in [0.25, 0.3) is 16.6 Å². The summed E-state index contributed by atoms with van der Waals surface area (Å²) >= 11 is 5.97. The molecule has 1 N–H and O–H groups in total. The largest absolute Gasteiger partial charge is 0.368 e. The fraction of sp³-hybridized carbons (Fsp3) is 0.182. The lowest BCUT2D eigenvalue weighted by atomic mass is 10.2. The van der Waals surface area contributed by atoms with Crippen molar-refractivity contribution in [2.24, 2.45) is 0 Å². The first kappa shape index (κ1) is 17.8. The fourth-order valence-corrected chi connectivity index (χ4v) is 4.06. The van der Waals surface area contributed by atoms with Gasteiger partial charge in [0.15, 0.2) is 0 Å². The summed E-state index contributed by atoms with van der Waals surface area (Å²) in [4.78, 5) is 32.3. The van der Waals surface area contributed by atoms with Crippen LogP contribution in [0.1, 0.15) is 10.4 Å². The second-order valence-corrected chi connectivity index (χ2v) is 7.65. The zero-order valence-electron chi connectivity index (χ0n) is 15.6. The number of nitrogens with one attached hydrogen (secondary N) is 1. The molecule has 7 heteroatoms. The molecule has 1 aliphatic rings. The third-order valence-electron chi connectivity index (χ3n) is 5.48. The summed E-state index contributed by atoms with van der Waals surface area (Å²) in [5.74, 6) is -0.0191. The molecule has 0 atom stereocenters. The fourth-order valence-electron chi connectivity index (χ4n) is 3.94. The maximum absolute atomic E-state index is 13.1. The Morgan fingerprint density at radius 1 is 0.966 bits per heavy atom. The van der Waals surface area contributed by atoms with Crippen LogP contribution in [0.4, 0.5) is 5.69 Å². The van der Waals surface area contributed by atoms with E-state index in [0.29, 0.717) is 34.7 Å². The van der Waals surface area contributed by atoms with E-state index in [2.05, 4.69) is 9.88 Å². The molecule has 5 rings (SSSR count). The predicted molar refractivity (Wildman–Crippen MR) is 115 cm³/mol. The van der Waals surface area contributed by atoms with Crippen LogP contribution in [0.3, 0.4) is 0 Å². The lowest BCUT2D eigenvalue weighted by Gasteiger charge is -2.36. The zero-order chi connectivity index (χ0) is 20.0. The predicted octanol–water partition coefficient (Wildman–Crippen LogP) is 3.40. The van der Waals surface area contributed by atoms with Crippen molar-refractivity contribution in [1.29, 1.82) is 0 Å². The van der Waals surface area contributed by atoms with Crippen LogP contribution in [-0.4, -0.2) is 46.4 Å². The van der Waals surface area contributed by atoms with E-state index in [9.17, 15) is 9.59 Å². The van der Waals surface area contributed by atoms with Gasteiger partial charge >= 0.3 is 0 Å². The molecule has 1 amide bonds. The summed E-state index contributed by atoms with van der Waals surface area (Å²) in [7, 11) is 0. The Morgan fingerprint density at radius 3 is 2.45 bits per heavy atom. The summed E-state index contributed by atoms with van der Waals surface area (Å²) in [5.41, 5.74) is 2.95. The smallest absolute Gasteiger partial charge is 0.258 e. The average Bonchev–Trinajstić information content (AvgIpc) is 3.18. The maximum Gasteiger partial charge on any atom is 0.258 e. The van der Waals surface area contributed by atoms with Crippen molar-refractivity contribution in [3.8, 4) is 0 Å². The van der Waals surface area contributed by atoms with Crippen LogP contribution in [0.2, 0.25) is 5.02 Å². The van der Waals surface area contributed by atoms with Gasteiger partial charge in [0.25, 0.3) is 11.5 Å². The van der Waals surface area contributed by atoms with Gasteiger partial charge in [0.05, 0.1) is 16.5 Å². The summed E-state index contributed by atoms with van der Waals surface area (Å²) in [5, 5.41) is 1.32. The molecule has 0 saturated carbocycles. The van der Waals surface area contributed by atoms with E-state index in [1.54, 1.807) is 12.1 Å². The van der Waals surface area contributed by atoms with Gasteiger partial charge in [-0.3, -0.25) is 9.59 Å². The standard InChI is InChI=1S/C22H19ClN4O2/c23-16-5-7-17(8-6-16)25-9-11-26(12-10-25)22(29)15-13-20-24-21(28)18-3-1-2-4-19(18)27(20)14-15/h1-8,13-14H,9-12H2,(H,24,28). The molecule has 1 fully saturated rings. The quantitative estimate of drug-likeness (QED) is 0.555. The molecule has 29 heavy (non-hydrogen) atoms. The monoisotopic (exact) mass is 406 g/mol. The van der Waals surface area contributed by atoms with Crippen LogP contribution < -0.4 is 10.5 Å². The molecule has 146 valence electrons. The third kappa shape index (κ3) is 3.15. The number of carbonyl (C=O) groups is 1. The number of para-hydroxylation sites is 1. The maximum atomic E-state index is 13.1. The van der Waals surface area contributed by atoms with Crippen molar-refractivity contribution in [1.82, 2.24) is 14.3 Å². The molecular weight excluding hydrogens is 388 g/mol. The summed E-state index contributed by atoms with van der Waals surface area (Å²) in [6, 6.07) is 16.9. The summed E-state index contributed by atoms with van der Waals surface area (Å²) in [6.07, 6.45) is 1.81. The van der Waals surface area contributed by atoms with Crippen LogP contribution >= 0.6 is 11.6 Å². The first-order valence-corrected chi connectivity index (χ1v) is 9.91. The Labute approximate surface area is 171 Å². The van der Waals surface area contributed by atoms with Crippen molar-refractivity contribution in [3.63, 3.8) is 0 Å². The molecule has 0 aliphatic carbocycles. The van der Waals surface area contributed by atoms with Crippen molar-refractivity contribution in [2.75, 3.05) is 31.1 Å². The van der Waals surface area contributed by atoms with Crippen molar-refractivity contribution in [2.45, 2.75) is 0 Å². The first-order chi connectivity index (χ1) is 14.1. The highest BCUT2D eigenvalue weighted by Crippen LogP contribution is 2.21. The van der Waals surface area contributed by atoms with E-state index in [-0.39, 0.29) is 11.5 Å². The molecule has 4 aromatic rings. The Balaban J connectivity index is 1.38. The number of halogens is 1. The molecule has 3 heterocycles. The Morgan fingerprint density at radius 2 is 1.69 bits per heavy atom. The van der Waals surface area contributed by atoms with Gasteiger partial charge in [-0.2, -0.15) is 0 Å². The normalized spacial score (nSPS) is 14.7. The summed E-state index contributed by atoms with van der Waals surface area (Å²) < 4.78 is 1.87. The number of rotatable bonds is 2. The molecule has 1 aliphatic heterocycles. The molecule has 6 nitrogen and oxygen atoms in total. The second-order valence-electron chi connectivity index (χ2n) is 7.21. The van der Waals surface area contributed by atoms with Crippen LogP contribution in [-0.2, 0) is 0 Å². The van der Waals surface area contributed by atoms with Crippen molar-refractivity contribution < 1.29 is 4.79 Å². The van der Waals surface area contributed by atoms with Gasteiger partial charge in [0.1, 0.15) is 5.65 Å². The van der Waals surface area contributed by atoms with Gasteiger partial charge in [-0.05, 0) is 42.5 Å². The van der Waals surface area contributed by atoms with Gasteiger partial charge in [0, 0.05) is 43.1 Å². The number of anilines is 1. The Kier molecular flexibility index (Phi) is 4.28. The molecule has 0 bridgehead atoms. The number of nitrogens with zero attached hydrogens (tertiary/aromatic N) is 3. The number of aromatic amines is 1. The zero-order valence-corrected chi connectivity index (χ0v) is 16.4. The van der Waals surface area contributed by atoms with Crippen LogP contribution in [0.5, 0.6) is 0 Å². The molecule has 1 saturated heterocycles. The molecule has 0 spiro atoms. The summed E-state index contributed by atoms with van der Waals surface area (Å²) in [6.45, 7) is 2.82. The van der Waals surface area contributed by atoms with E-state index < -0.39 is 0 Å². The number of fused-ring (bicyclic) bond motifs is 3. The van der Waals surface area contributed by atoms with Gasteiger partial charge in [-0.1, -0.05) is 23.7 Å².